The molecule has 4 nitrogen and oxygen atoms in total. The first kappa shape index (κ1) is 14.5. The summed E-state index contributed by atoms with van der Waals surface area (Å²) in [6.07, 6.45) is 0. The number of amides is 3. The van der Waals surface area contributed by atoms with Gasteiger partial charge in [-0.1, -0.05) is 12.1 Å². The van der Waals surface area contributed by atoms with Gasteiger partial charge in [-0.2, -0.15) is 0 Å². The van der Waals surface area contributed by atoms with Crippen LogP contribution in [0, 0.1) is 5.82 Å². The molecular formula is C12H15FN2O2S. The van der Waals surface area contributed by atoms with E-state index in [1.165, 1.54) is 30.9 Å². The Hall–Kier alpha value is -1.56. The third kappa shape index (κ3) is 4.75. The number of carbonyl (C=O) groups is 2. The SMILES string of the molecule is CNC(=O)NC(=O)CSC(C)c1ccc(F)cc1. The van der Waals surface area contributed by atoms with Crippen LogP contribution in [-0.4, -0.2) is 24.7 Å². The van der Waals surface area contributed by atoms with Crippen molar-refractivity contribution >= 4 is 23.7 Å². The molecule has 0 saturated carbocycles. The molecule has 3 amide bonds. The number of carbonyl (C=O) groups excluding carboxylic acids is 2. The second kappa shape index (κ2) is 7.00. The normalized spacial score (nSPS) is 11.7. The lowest BCUT2D eigenvalue weighted by molar-refractivity contribution is -0.117. The minimum absolute atomic E-state index is 0.0565. The van der Waals surface area contributed by atoms with Crippen LogP contribution in [0.25, 0.3) is 0 Å². The van der Waals surface area contributed by atoms with E-state index in [2.05, 4.69) is 10.6 Å². The topological polar surface area (TPSA) is 58.2 Å². The Balaban J connectivity index is 2.41. The summed E-state index contributed by atoms with van der Waals surface area (Å²) in [5, 5.41) is 4.53. The number of hydrogen-bond acceptors (Lipinski definition) is 3. The molecule has 6 heteroatoms. The van der Waals surface area contributed by atoms with Crippen LogP contribution in [-0.2, 0) is 4.79 Å². The highest BCUT2D eigenvalue weighted by atomic mass is 32.2. The van der Waals surface area contributed by atoms with Gasteiger partial charge in [0.15, 0.2) is 0 Å². The summed E-state index contributed by atoms with van der Waals surface area (Å²) in [5.74, 6) is -0.465. The van der Waals surface area contributed by atoms with Gasteiger partial charge >= 0.3 is 6.03 Å². The van der Waals surface area contributed by atoms with Gasteiger partial charge in [0.1, 0.15) is 5.82 Å². The first-order chi connectivity index (χ1) is 8.52. The zero-order valence-electron chi connectivity index (χ0n) is 10.2. The van der Waals surface area contributed by atoms with Gasteiger partial charge in [0.05, 0.1) is 5.75 Å². The van der Waals surface area contributed by atoms with Crippen LogP contribution in [0.4, 0.5) is 9.18 Å². The maximum Gasteiger partial charge on any atom is 0.321 e. The summed E-state index contributed by atoms with van der Waals surface area (Å²) in [6.45, 7) is 1.92. The molecule has 0 aliphatic carbocycles. The van der Waals surface area contributed by atoms with Crippen LogP contribution in [0.2, 0.25) is 0 Å². The third-order valence-electron chi connectivity index (χ3n) is 2.28. The smallest absolute Gasteiger partial charge is 0.321 e. The molecule has 0 aromatic heterocycles. The van der Waals surface area contributed by atoms with Crippen molar-refractivity contribution in [2.45, 2.75) is 12.2 Å². The van der Waals surface area contributed by atoms with E-state index < -0.39 is 6.03 Å². The van der Waals surface area contributed by atoms with E-state index >= 15 is 0 Å². The predicted molar refractivity (Wildman–Crippen MR) is 69.9 cm³/mol. The van der Waals surface area contributed by atoms with Crippen molar-refractivity contribution in [2.24, 2.45) is 0 Å². The van der Waals surface area contributed by atoms with Crippen LogP contribution in [0.5, 0.6) is 0 Å². The Morgan fingerprint density at radius 1 is 1.33 bits per heavy atom. The maximum atomic E-state index is 12.7. The molecule has 0 radical (unpaired) electrons. The summed E-state index contributed by atoms with van der Waals surface area (Å²) in [6, 6.07) is 5.62. The average molecular weight is 270 g/mol. The Morgan fingerprint density at radius 2 is 1.94 bits per heavy atom. The highest BCUT2D eigenvalue weighted by Crippen LogP contribution is 2.27. The Labute approximate surface area is 109 Å². The van der Waals surface area contributed by atoms with E-state index in [0.29, 0.717) is 0 Å². The molecule has 18 heavy (non-hydrogen) atoms. The second-order valence-electron chi connectivity index (χ2n) is 3.63. The van der Waals surface area contributed by atoms with Crippen molar-refractivity contribution in [3.8, 4) is 0 Å². The Kier molecular flexibility index (Phi) is 5.64. The Morgan fingerprint density at radius 3 is 2.50 bits per heavy atom. The van der Waals surface area contributed by atoms with E-state index in [1.807, 2.05) is 6.92 Å². The summed E-state index contributed by atoms with van der Waals surface area (Å²) in [4.78, 5) is 22.2. The number of rotatable bonds is 4. The van der Waals surface area contributed by atoms with E-state index in [9.17, 15) is 14.0 Å². The fourth-order valence-electron chi connectivity index (χ4n) is 1.26. The number of nitrogens with one attached hydrogen (secondary N) is 2. The quantitative estimate of drug-likeness (QED) is 0.880. The lowest BCUT2D eigenvalue weighted by atomic mass is 10.2. The van der Waals surface area contributed by atoms with E-state index in [4.69, 9.17) is 0 Å². The lowest BCUT2D eigenvalue weighted by Gasteiger charge is -2.11. The molecule has 0 aliphatic heterocycles. The molecule has 2 N–H and O–H groups in total. The molecule has 98 valence electrons. The highest BCUT2D eigenvalue weighted by molar-refractivity contribution is 8.00. The van der Waals surface area contributed by atoms with Crippen LogP contribution in [0.15, 0.2) is 24.3 Å². The Bertz CT molecular complexity index is 423. The number of halogens is 1. The molecule has 0 saturated heterocycles. The molecular weight excluding hydrogens is 255 g/mol. The van der Waals surface area contributed by atoms with Crippen LogP contribution in [0.3, 0.4) is 0 Å². The second-order valence-corrected chi connectivity index (χ2v) is 4.96. The van der Waals surface area contributed by atoms with Crippen molar-refractivity contribution in [2.75, 3.05) is 12.8 Å². The zero-order chi connectivity index (χ0) is 13.5. The van der Waals surface area contributed by atoms with Crippen molar-refractivity contribution in [1.29, 1.82) is 0 Å². The van der Waals surface area contributed by atoms with Crippen LogP contribution in [0.1, 0.15) is 17.7 Å². The summed E-state index contributed by atoms with van der Waals surface area (Å²) in [7, 11) is 1.44. The fourth-order valence-corrected chi connectivity index (χ4v) is 2.08. The first-order valence-corrected chi connectivity index (χ1v) is 6.46. The molecule has 0 bridgehead atoms. The maximum absolute atomic E-state index is 12.7. The van der Waals surface area contributed by atoms with E-state index in [-0.39, 0.29) is 22.7 Å². The van der Waals surface area contributed by atoms with Gasteiger partial charge in [-0.3, -0.25) is 10.1 Å². The van der Waals surface area contributed by atoms with Crippen molar-refractivity contribution < 1.29 is 14.0 Å². The molecule has 1 unspecified atom stereocenters. The minimum Gasteiger partial charge on any atom is -0.341 e. The number of hydrogen-bond donors (Lipinski definition) is 2. The summed E-state index contributed by atoms with van der Waals surface area (Å²) in [5.41, 5.74) is 0.939. The monoisotopic (exact) mass is 270 g/mol. The average Bonchev–Trinajstić information content (AvgIpc) is 2.36. The molecule has 0 heterocycles. The first-order valence-electron chi connectivity index (χ1n) is 5.41. The van der Waals surface area contributed by atoms with Crippen LogP contribution < -0.4 is 10.6 Å². The van der Waals surface area contributed by atoms with Crippen LogP contribution >= 0.6 is 11.8 Å². The molecule has 1 atom stereocenters. The molecule has 1 aromatic carbocycles. The summed E-state index contributed by atoms with van der Waals surface area (Å²) >= 11 is 1.38. The third-order valence-corrected chi connectivity index (χ3v) is 3.48. The lowest BCUT2D eigenvalue weighted by Crippen LogP contribution is -2.38. The van der Waals surface area contributed by atoms with Gasteiger partial charge in [0, 0.05) is 12.3 Å². The number of imide groups is 1. The van der Waals surface area contributed by atoms with E-state index in [0.717, 1.165) is 5.56 Å². The molecule has 0 fully saturated rings. The molecule has 0 spiro atoms. The molecule has 1 aromatic rings. The predicted octanol–water partition coefficient (Wildman–Crippen LogP) is 2.08. The van der Waals surface area contributed by atoms with Gasteiger partial charge in [-0.05, 0) is 24.6 Å². The van der Waals surface area contributed by atoms with Crippen molar-refractivity contribution in [1.82, 2.24) is 10.6 Å². The number of urea groups is 1. The number of thioether (sulfide) groups is 1. The largest absolute Gasteiger partial charge is 0.341 e. The van der Waals surface area contributed by atoms with Crippen molar-refractivity contribution in [3.05, 3.63) is 35.6 Å². The molecule has 0 aliphatic rings. The minimum atomic E-state index is -0.518. The number of benzene rings is 1. The van der Waals surface area contributed by atoms with Gasteiger partial charge in [0.25, 0.3) is 0 Å². The van der Waals surface area contributed by atoms with Gasteiger partial charge < -0.3 is 5.32 Å². The molecule has 1 rings (SSSR count). The zero-order valence-corrected chi connectivity index (χ0v) is 11.0. The van der Waals surface area contributed by atoms with E-state index in [1.54, 1.807) is 12.1 Å². The van der Waals surface area contributed by atoms with Gasteiger partial charge in [-0.15, -0.1) is 11.8 Å². The highest BCUT2D eigenvalue weighted by Gasteiger charge is 2.11. The van der Waals surface area contributed by atoms with Gasteiger partial charge in [0.2, 0.25) is 5.91 Å². The fraction of sp³-hybridized carbons (Fsp3) is 0.333. The van der Waals surface area contributed by atoms with Crippen molar-refractivity contribution in [3.63, 3.8) is 0 Å². The van der Waals surface area contributed by atoms with Gasteiger partial charge in [-0.25, -0.2) is 9.18 Å². The summed E-state index contributed by atoms with van der Waals surface area (Å²) < 4.78 is 12.7. The standard InChI is InChI=1S/C12H15FN2O2S/c1-8(9-3-5-10(13)6-4-9)18-7-11(16)15-12(17)14-2/h3-6,8H,7H2,1-2H3,(H2,14,15,16,17).